The first-order valence-electron chi connectivity index (χ1n) is 5.72. The van der Waals surface area contributed by atoms with E-state index in [-0.39, 0.29) is 0 Å². The standard InChI is InChI=1S/C12H18Cl2N2O/c1-9(2)3-5-17-6-4-15-12-11(14)7-10(13)8-16-12/h7-9H,3-6H2,1-2H3,(H,15,16). The molecule has 0 bridgehead atoms. The van der Waals surface area contributed by atoms with Crippen molar-refractivity contribution < 1.29 is 4.74 Å². The number of anilines is 1. The zero-order valence-electron chi connectivity index (χ0n) is 10.2. The first-order valence-corrected chi connectivity index (χ1v) is 6.48. The summed E-state index contributed by atoms with van der Waals surface area (Å²) in [6, 6.07) is 1.66. The molecule has 1 heterocycles. The molecule has 1 aromatic rings. The number of nitrogens with one attached hydrogen (secondary N) is 1. The fourth-order valence-electron chi connectivity index (χ4n) is 1.21. The van der Waals surface area contributed by atoms with E-state index in [2.05, 4.69) is 24.1 Å². The molecule has 0 radical (unpaired) electrons. The van der Waals surface area contributed by atoms with Gasteiger partial charge in [-0.25, -0.2) is 4.98 Å². The van der Waals surface area contributed by atoms with E-state index >= 15 is 0 Å². The van der Waals surface area contributed by atoms with Crippen LogP contribution in [0.1, 0.15) is 20.3 Å². The largest absolute Gasteiger partial charge is 0.380 e. The molecule has 0 unspecified atom stereocenters. The van der Waals surface area contributed by atoms with Gasteiger partial charge in [0.25, 0.3) is 0 Å². The highest BCUT2D eigenvalue weighted by Gasteiger charge is 2.01. The normalized spacial score (nSPS) is 10.9. The Labute approximate surface area is 112 Å². The monoisotopic (exact) mass is 276 g/mol. The van der Waals surface area contributed by atoms with E-state index in [4.69, 9.17) is 27.9 Å². The fraction of sp³-hybridized carbons (Fsp3) is 0.583. The molecular formula is C12H18Cl2N2O. The van der Waals surface area contributed by atoms with Crippen molar-refractivity contribution in [3.63, 3.8) is 0 Å². The zero-order chi connectivity index (χ0) is 12.7. The summed E-state index contributed by atoms with van der Waals surface area (Å²) in [7, 11) is 0. The summed E-state index contributed by atoms with van der Waals surface area (Å²) in [4.78, 5) is 4.09. The van der Waals surface area contributed by atoms with Gasteiger partial charge in [0.2, 0.25) is 0 Å². The molecule has 1 N–H and O–H groups in total. The Hall–Kier alpha value is -0.510. The number of ether oxygens (including phenoxy) is 1. The van der Waals surface area contributed by atoms with Gasteiger partial charge in [-0.15, -0.1) is 0 Å². The van der Waals surface area contributed by atoms with Crippen molar-refractivity contribution in [3.05, 3.63) is 22.3 Å². The summed E-state index contributed by atoms with van der Waals surface area (Å²) in [5.41, 5.74) is 0. The molecule has 0 atom stereocenters. The minimum absolute atomic E-state index is 0.527. The zero-order valence-corrected chi connectivity index (χ0v) is 11.7. The van der Waals surface area contributed by atoms with E-state index in [0.29, 0.717) is 34.9 Å². The van der Waals surface area contributed by atoms with Gasteiger partial charge in [0.15, 0.2) is 0 Å². The minimum Gasteiger partial charge on any atom is -0.380 e. The molecule has 3 nitrogen and oxygen atoms in total. The van der Waals surface area contributed by atoms with Crippen LogP contribution in [0.2, 0.25) is 10.0 Å². The molecule has 1 rings (SSSR count). The van der Waals surface area contributed by atoms with Crippen LogP contribution in [0.3, 0.4) is 0 Å². The molecule has 0 fully saturated rings. The number of hydrogen-bond donors (Lipinski definition) is 1. The fourth-order valence-corrected chi connectivity index (χ4v) is 1.65. The molecule has 17 heavy (non-hydrogen) atoms. The summed E-state index contributed by atoms with van der Waals surface area (Å²) in [6.45, 7) is 6.49. The Bertz CT molecular complexity index is 345. The van der Waals surface area contributed by atoms with Crippen LogP contribution >= 0.6 is 23.2 Å². The molecule has 96 valence electrons. The SMILES string of the molecule is CC(C)CCOCCNc1ncc(Cl)cc1Cl. The van der Waals surface area contributed by atoms with Gasteiger partial charge >= 0.3 is 0 Å². The predicted molar refractivity (Wildman–Crippen MR) is 73.0 cm³/mol. The molecular weight excluding hydrogens is 259 g/mol. The molecule has 0 saturated heterocycles. The molecule has 0 aliphatic heterocycles. The average molecular weight is 277 g/mol. The van der Waals surface area contributed by atoms with E-state index in [9.17, 15) is 0 Å². The third-order valence-electron chi connectivity index (χ3n) is 2.19. The highest BCUT2D eigenvalue weighted by molar-refractivity contribution is 6.35. The van der Waals surface area contributed by atoms with Gasteiger partial charge < -0.3 is 10.1 Å². The summed E-state index contributed by atoms with van der Waals surface area (Å²) < 4.78 is 5.47. The van der Waals surface area contributed by atoms with Gasteiger partial charge in [-0.3, -0.25) is 0 Å². The number of rotatable bonds is 7. The van der Waals surface area contributed by atoms with Crippen LogP contribution in [-0.2, 0) is 4.74 Å². The molecule has 0 aromatic carbocycles. The summed E-state index contributed by atoms with van der Waals surface area (Å²) in [5.74, 6) is 1.32. The summed E-state index contributed by atoms with van der Waals surface area (Å²) in [6.07, 6.45) is 2.65. The Kier molecular flexibility index (Phi) is 6.63. The van der Waals surface area contributed by atoms with Gasteiger partial charge in [0.05, 0.1) is 16.7 Å². The summed E-state index contributed by atoms with van der Waals surface area (Å²) >= 11 is 11.7. The average Bonchev–Trinajstić information content (AvgIpc) is 2.25. The smallest absolute Gasteiger partial charge is 0.144 e. The number of aromatic nitrogens is 1. The highest BCUT2D eigenvalue weighted by Crippen LogP contribution is 2.22. The molecule has 1 aromatic heterocycles. The van der Waals surface area contributed by atoms with E-state index in [0.717, 1.165) is 13.0 Å². The maximum atomic E-state index is 5.96. The lowest BCUT2D eigenvalue weighted by atomic mass is 10.1. The van der Waals surface area contributed by atoms with Crippen molar-refractivity contribution in [1.29, 1.82) is 0 Å². The van der Waals surface area contributed by atoms with Crippen LogP contribution in [0.15, 0.2) is 12.3 Å². The van der Waals surface area contributed by atoms with Crippen molar-refractivity contribution in [2.24, 2.45) is 5.92 Å². The predicted octanol–water partition coefficient (Wildman–Crippen LogP) is 3.86. The van der Waals surface area contributed by atoms with Crippen LogP contribution in [-0.4, -0.2) is 24.7 Å². The molecule has 0 spiro atoms. The summed E-state index contributed by atoms with van der Waals surface area (Å²) in [5, 5.41) is 4.16. The van der Waals surface area contributed by atoms with Gasteiger partial charge in [-0.05, 0) is 18.4 Å². The minimum atomic E-state index is 0.527. The van der Waals surface area contributed by atoms with Gasteiger partial charge in [0.1, 0.15) is 5.82 Å². The molecule has 0 amide bonds. The second-order valence-corrected chi connectivity index (χ2v) is 5.05. The van der Waals surface area contributed by atoms with Gasteiger partial charge in [-0.1, -0.05) is 37.0 Å². The van der Waals surface area contributed by atoms with Crippen LogP contribution in [0.25, 0.3) is 0 Å². The Balaban J connectivity index is 2.18. The Morgan fingerprint density at radius 2 is 2.12 bits per heavy atom. The number of hydrogen-bond acceptors (Lipinski definition) is 3. The molecule has 0 aliphatic carbocycles. The molecule has 0 aliphatic rings. The van der Waals surface area contributed by atoms with Crippen molar-refractivity contribution in [2.75, 3.05) is 25.1 Å². The Morgan fingerprint density at radius 1 is 1.35 bits per heavy atom. The topological polar surface area (TPSA) is 34.1 Å². The lowest BCUT2D eigenvalue weighted by Crippen LogP contribution is -2.11. The first-order chi connectivity index (χ1) is 8.09. The quantitative estimate of drug-likeness (QED) is 0.768. The maximum Gasteiger partial charge on any atom is 0.144 e. The second-order valence-electron chi connectivity index (χ2n) is 4.21. The lowest BCUT2D eigenvalue weighted by Gasteiger charge is -2.09. The van der Waals surface area contributed by atoms with Crippen LogP contribution in [0, 0.1) is 5.92 Å². The van der Waals surface area contributed by atoms with Crippen molar-refractivity contribution >= 4 is 29.0 Å². The van der Waals surface area contributed by atoms with E-state index in [1.165, 1.54) is 0 Å². The third kappa shape index (κ3) is 6.10. The lowest BCUT2D eigenvalue weighted by molar-refractivity contribution is 0.132. The van der Waals surface area contributed by atoms with Crippen molar-refractivity contribution in [3.8, 4) is 0 Å². The highest BCUT2D eigenvalue weighted by atomic mass is 35.5. The second kappa shape index (κ2) is 7.75. The van der Waals surface area contributed by atoms with Gasteiger partial charge in [-0.2, -0.15) is 0 Å². The van der Waals surface area contributed by atoms with E-state index in [1.807, 2.05) is 0 Å². The van der Waals surface area contributed by atoms with Crippen LogP contribution in [0.4, 0.5) is 5.82 Å². The Morgan fingerprint density at radius 3 is 2.76 bits per heavy atom. The maximum absolute atomic E-state index is 5.96. The van der Waals surface area contributed by atoms with Crippen LogP contribution in [0.5, 0.6) is 0 Å². The van der Waals surface area contributed by atoms with E-state index in [1.54, 1.807) is 12.3 Å². The van der Waals surface area contributed by atoms with Crippen molar-refractivity contribution in [2.45, 2.75) is 20.3 Å². The van der Waals surface area contributed by atoms with Crippen LogP contribution < -0.4 is 5.32 Å². The number of pyridine rings is 1. The molecule has 5 heteroatoms. The van der Waals surface area contributed by atoms with E-state index < -0.39 is 0 Å². The third-order valence-corrected chi connectivity index (χ3v) is 2.68. The first kappa shape index (κ1) is 14.6. The van der Waals surface area contributed by atoms with Gasteiger partial charge in [0, 0.05) is 19.3 Å². The number of nitrogens with zero attached hydrogens (tertiary/aromatic N) is 1. The molecule has 0 saturated carbocycles. The van der Waals surface area contributed by atoms with Crippen molar-refractivity contribution in [1.82, 2.24) is 4.98 Å². The number of halogens is 2.